The molecule has 0 aromatic carbocycles. The monoisotopic (exact) mass is 315 g/mol. The summed E-state index contributed by atoms with van der Waals surface area (Å²) in [6.07, 6.45) is 8.27. The molecule has 23 heavy (non-hydrogen) atoms. The van der Waals surface area contributed by atoms with E-state index in [1.165, 1.54) is 6.33 Å². The summed E-state index contributed by atoms with van der Waals surface area (Å²) in [5, 5.41) is 7.12. The maximum absolute atomic E-state index is 12.4. The van der Waals surface area contributed by atoms with Crippen LogP contribution in [0.1, 0.15) is 29.6 Å². The molecule has 7 nitrogen and oxygen atoms in total. The number of hydrogen-bond donors (Lipinski definition) is 3. The first-order chi connectivity index (χ1) is 11.3. The third-order valence-electron chi connectivity index (χ3n) is 5.04. The summed E-state index contributed by atoms with van der Waals surface area (Å²) < 4.78 is 5.93. The molecular weight excluding hydrogens is 294 g/mol. The normalized spacial score (nSPS) is 23.4. The van der Waals surface area contributed by atoms with Crippen molar-refractivity contribution in [1.29, 1.82) is 0 Å². The van der Waals surface area contributed by atoms with Crippen molar-refractivity contribution in [2.75, 3.05) is 26.2 Å². The van der Waals surface area contributed by atoms with Gasteiger partial charge in [0.25, 0.3) is 5.91 Å². The Hall–Kier alpha value is -1.99. The first kappa shape index (κ1) is 14.6. The fourth-order valence-corrected chi connectivity index (χ4v) is 3.68. The molecule has 4 rings (SSSR count). The molecule has 2 aromatic heterocycles. The average molecular weight is 315 g/mol. The largest absolute Gasteiger partial charge is 0.376 e. The molecule has 2 aliphatic heterocycles. The Morgan fingerprint density at radius 3 is 3.17 bits per heavy atom. The number of carbonyl (C=O) groups excluding carboxylic acids is 1. The number of H-pyrrole nitrogens is 1. The van der Waals surface area contributed by atoms with Crippen LogP contribution >= 0.6 is 0 Å². The van der Waals surface area contributed by atoms with Gasteiger partial charge in [0.05, 0.1) is 18.3 Å². The Morgan fingerprint density at radius 2 is 2.30 bits per heavy atom. The van der Waals surface area contributed by atoms with Gasteiger partial charge in [-0.15, -0.1) is 0 Å². The molecular formula is C16H21N5O2. The molecule has 1 spiro atoms. The van der Waals surface area contributed by atoms with Crippen LogP contribution in [0.4, 0.5) is 0 Å². The zero-order chi connectivity index (χ0) is 15.7. The van der Waals surface area contributed by atoms with Gasteiger partial charge in [-0.25, -0.2) is 9.97 Å². The summed E-state index contributed by atoms with van der Waals surface area (Å²) in [6, 6.07) is 0. The summed E-state index contributed by atoms with van der Waals surface area (Å²) in [7, 11) is 0. The van der Waals surface area contributed by atoms with Gasteiger partial charge in [-0.1, -0.05) is 0 Å². The number of fused-ring (bicyclic) bond motifs is 1. The van der Waals surface area contributed by atoms with E-state index in [1.807, 2.05) is 0 Å². The quantitative estimate of drug-likeness (QED) is 0.781. The van der Waals surface area contributed by atoms with Gasteiger partial charge in [0.15, 0.2) is 0 Å². The van der Waals surface area contributed by atoms with Crippen LogP contribution < -0.4 is 10.6 Å². The average Bonchev–Trinajstić information content (AvgIpc) is 3.18. The highest BCUT2D eigenvalue weighted by atomic mass is 16.5. The second-order valence-corrected chi connectivity index (χ2v) is 6.58. The SMILES string of the molecule is O=C(NCC1CC2(CCNCC2)CO1)c1c[nH]c2ncncc12. The maximum Gasteiger partial charge on any atom is 0.253 e. The molecule has 4 heterocycles. The van der Waals surface area contributed by atoms with Crippen LogP contribution in [0.15, 0.2) is 18.7 Å². The molecule has 0 saturated carbocycles. The summed E-state index contributed by atoms with van der Waals surface area (Å²) in [5.41, 5.74) is 1.57. The van der Waals surface area contributed by atoms with Gasteiger partial charge in [0.2, 0.25) is 0 Å². The van der Waals surface area contributed by atoms with E-state index in [4.69, 9.17) is 4.74 Å². The topological polar surface area (TPSA) is 91.9 Å². The highest BCUT2D eigenvalue weighted by Gasteiger charge is 2.40. The van der Waals surface area contributed by atoms with Crippen LogP contribution in [0, 0.1) is 5.41 Å². The second-order valence-electron chi connectivity index (χ2n) is 6.58. The van der Waals surface area contributed by atoms with E-state index in [-0.39, 0.29) is 12.0 Å². The van der Waals surface area contributed by atoms with Crippen molar-refractivity contribution in [3.05, 3.63) is 24.3 Å². The summed E-state index contributed by atoms with van der Waals surface area (Å²) in [4.78, 5) is 23.5. The van der Waals surface area contributed by atoms with Crippen LogP contribution in [0.3, 0.4) is 0 Å². The van der Waals surface area contributed by atoms with Crippen LogP contribution in [0.25, 0.3) is 11.0 Å². The molecule has 2 fully saturated rings. The number of hydrogen-bond acceptors (Lipinski definition) is 5. The molecule has 2 aromatic rings. The minimum absolute atomic E-state index is 0.110. The van der Waals surface area contributed by atoms with E-state index in [2.05, 4.69) is 25.6 Å². The lowest BCUT2D eigenvalue weighted by atomic mass is 9.77. The van der Waals surface area contributed by atoms with Crippen LogP contribution in [0.2, 0.25) is 0 Å². The fraction of sp³-hybridized carbons (Fsp3) is 0.562. The number of rotatable bonds is 3. The molecule has 2 saturated heterocycles. The van der Waals surface area contributed by atoms with Crippen molar-refractivity contribution in [2.24, 2.45) is 5.41 Å². The number of nitrogens with one attached hydrogen (secondary N) is 3. The van der Waals surface area contributed by atoms with Gasteiger partial charge in [0.1, 0.15) is 12.0 Å². The number of carbonyl (C=O) groups is 1. The number of aromatic nitrogens is 3. The van der Waals surface area contributed by atoms with Crippen molar-refractivity contribution in [1.82, 2.24) is 25.6 Å². The van der Waals surface area contributed by atoms with Gasteiger partial charge >= 0.3 is 0 Å². The van der Waals surface area contributed by atoms with Crippen molar-refractivity contribution in [3.63, 3.8) is 0 Å². The predicted octanol–water partition coefficient (Wildman–Crippen LogP) is 0.846. The van der Waals surface area contributed by atoms with E-state index in [1.54, 1.807) is 12.4 Å². The smallest absolute Gasteiger partial charge is 0.253 e. The second kappa shape index (κ2) is 5.90. The van der Waals surface area contributed by atoms with E-state index >= 15 is 0 Å². The van der Waals surface area contributed by atoms with Crippen LogP contribution in [0.5, 0.6) is 0 Å². The zero-order valence-corrected chi connectivity index (χ0v) is 13.0. The Bertz CT molecular complexity index is 707. The number of piperidine rings is 1. The minimum atomic E-state index is -0.110. The first-order valence-corrected chi connectivity index (χ1v) is 8.13. The lowest BCUT2D eigenvalue weighted by Gasteiger charge is -2.32. The Balaban J connectivity index is 1.37. The number of amides is 1. The Labute approximate surface area is 134 Å². The lowest BCUT2D eigenvalue weighted by molar-refractivity contribution is 0.0782. The molecule has 1 unspecified atom stereocenters. The number of aromatic amines is 1. The Morgan fingerprint density at radius 1 is 1.43 bits per heavy atom. The predicted molar refractivity (Wildman–Crippen MR) is 85.1 cm³/mol. The molecule has 1 amide bonds. The van der Waals surface area contributed by atoms with E-state index < -0.39 is 0 Å². The van der Waals surface area contributed by atoms with Gasteiger partial charge in [-0.2, -0.15) is 0 Å². The lowest BCUT2D eigenvalue weighted by Crippen LogP contribution is -2.38. The molecule has 122 valence electrons. The van der Waals surface area contributed by atoms with Crippen LogP contribution in [-0.2, 0) is 4.74 Å². The van der Waals surface area contributed by atoms with Gasteiger partial charge in [-0.3, -0.25) is 4.79 Å². The standard InChI is InChI=1S/C16H21N5O2/c22-15(13-8-19-14-12(13)7-18-10-21-14)20-6-11-5-16(9-23-11)1-3-17-4-2-16/h7-8,10-11,17H,1-6,9H2,(H,20,22)(H,18,19,21). The zero-order valence-electron chi connectivity index (χ0n) is 13.0. The summed E-state index contributed by atoms with van der Waals surface area (Å²) in [5.74, 6) is -0.110. The molecule has 0 aliphatic carbocycles. The molecule has 1 atom stereocenters. The van der Waals surface area contributed by atoms with Crippen molar-refractivity contribution >= 4 is 16.9 Å². The molecule has 0 radical (unpaired) electrons. The van der Waals surface area contributed by atoms with Gasteiger partial charge in [0, 0.05) is 24.3 Å². The molecule has 2 aliphatic rings. The summed E-state index contributed by atoms with van der Waals surface area (Å²) >= 11 is 0. The van der Waals surface area contributed by atoms with E-state index in [0.717, 1.165) is 44.3 Å². The Kier molecular flexibility index (Phi) is 3.74. The third kappa shape index (κ3) is 2.82. The van der Waals surface area contributed by atoms with Crippen molar-refractivity contribution < 1.29 is 9.53 Å². The molecule has 7 heteroatoms. The van der Waals surface area contributed by atoms with E-state index in [9.17, 15) is 4.79 Å². The number of ether oxygens (including phenoxy) is 1. The molecule has 3 N–H and O–H groups in total. The molecule has 0 bridgehead atoms. The number of nitrogens with zero attached hydrogens (tertiary/aromatic N) is 2. The minimum Gasteiger partial charge on any atom is -0.376 e. The first-order valence-electron chi connectivity index (χ1n) is 8.13. The fourth-order valence-electron chi connectivity index (χ4n) is 3.68. The van der Waals surface area contributed by atoms with Crippen molar-refractivity contribution in [2.45, 2.75) is 25.4 Å². The highest BCUT2D eigenvalue weighted by molar-refractivity contribution is 6.05. The highest BCUT2D eigenvalue weighted by Crippen LogP contribution is 2.40. The van der Waals surface area contributed by atoms with E-state index in [0.29, 0.717) is 23.2 Å². The summed E-state index contributed by atoms with van der Waals surface area (Å²) in [6.45, 7) is 3.50. The van der Waals surface area contributed by atoms with Crippen molar-refractivity contribution in [3.8, 4) is 0 Å². The van der Waals surface area contributed by atoms with Gasteiger partial charge < -0.3 is 20.4 Å². The maximum atomic E-state index is 12.4. The third-order valence-corrected chi connectivity index (χ3v) is 5.04. The van der Waals surface area contributed by atoms with Gasteiger partial charge in [-0.05, 0) is 37.8 Å². The van der Waals surface area contributed by atoms with Crippen LogP contribution in [-0.4, -0.2) is 53.2 Å².